The van der Waals surface area contributed by atoms with Crippen molar-refractivity contribution in [2.24, 2.45) is 0 Å². The number of aryl methyl sites for hydroxylation is 1. The van der Waals surface area contributed by atoms with Crippen LogP contribution in [0.1, 0.15) is 25.0 Å². The van der Waals surface area contributed by atoms with Gasteiger partial charge in [0.1, 0.15) is 0 Å². The van der Waals surface area contributed by atoms with E-state index in [1.165, 1.54) is 17.3 Å². The Balaban J connectivity index is 1.67. The number of hydrogen-bond acceptors (Lipinski definition) is 6. The third-order valence-corrected chi connectivity index (χ3v) is 5.94. The molecule has 2 N–H and O–H groups in total. The van der Waals surface area contributed by atoms with E-state index in [0.717, 1.165) is 12.1 Å². The molecule has 1 aliphatic rings. The van der Waals surface area contributed by atoms with Crippen LogP contribution in [-0.4, -0.2) is 30.6 Å². The van der Waals surface area contributed by atoms with Crippen molar-refractivity contribution in [1.82, 2.24) is 5.32 Å². The highest BCUT2D eigenvalue weighted by Gasteiger charge is 2.27. The number of nitrogens with one attached hydrogen (secondary N) is 2. The lowest BCUT2D eigenvalue weighted by Gasteiger charge is -2.13. The highest BCUT2D eigenvalue weighted by molar-refractivity contribution is 8.05. The Hall–Kier alpha value is -2.35. The molecule has 164 valence electrons. The molecule has 0 aliphatic carbocycles. The van der Waals surface area contributed by atoms with Gasteiger partial charge in [0.25, 0.3) is 5.91 Å². The first-order valence-corrected chi connectivity index (χ1v) is 11.3. The van der Waals surface area contributed by atoms with E-state index in [1.807, 2.05) is 12.1 Å². The molecule has 0 aromatic heterocycles. The highest BCUT2D eigenvalue weighted by atomic mass is 35.5. The normalized spacial score (nSPS) is 16.8. The second-order valence-corrected chi connectivity index (χ2v) is 8.54. The summed E-state index contributed by atoms with van der Waals surface area (Å²) in [5.74, 6) is -0.512. The van der Waals surface area contributed by atoms with Crippen molar-refractivity contribution in [2.45, 2.75) is 25.8 Å². The van der Waals surface area contributed by atoms with Crippen molar-refractivity contribution in [3.8, 4) is 5.75 Å². The zero-order valence-electron chi connectivity index (χ0n) is 17.0. The SMILES string of the molecule is CCOC(=O)COc1c(Cl)cc(/C=C2\S[C@@H](Nc3ccc(CC)cc3)NC2=O)cc1Cl. The van der Waals surface area contributed by atoms with E-state index in [1.54, 1.807) is 25.1 Å². The fourth-order valence-corrected chi connectivity index (χ4v) is 4.44. The lowest BCUT2D eigenvalue weighted by molar-refractivity contribution is -0.145. The van der Waals surface area contributed by atoms with Gasteiger partial charge in [0, 0.05) is 5.69 Å². The predicted octanol–water partition coefficient (Wildman–Crippen LogP) is 5.10. The molecule has 0 radical (unpaired) electrons. The predicted molar refractivity (Wildman–Crippen MR) is 126 cm³/mol. The Bertz CT molecular complexity index is 973. The lowest BCUT2D eigenvalue weighted by atomic mass is 10.1. The summed E-state index contributed by atoms with van der Waals surface area (Å²) in [6.45, 7) is 3.78. The smallest absolute Gasteiger partial charge is 0.344 e. The summed E-state index contributed by atoms with van der Waals surface area (Å²) >= 11 is 13.9. The van der Waals surface area contributed by atoms with Gasteiger partial charge in [-0.3, -0.25) is 4.79 Å². The summed E-state index contributed by atoms with van der Waals surface area (Å²) < 4.78 is 10.2. The van der Waals surface area contributed by atoms with Gasteiger partial charge in [-0.1, -0.05) is 54.0 Å². The minimum absolute atomic E-state index is 0.192. The van der Waals surface area contributed by atoms with Crippen LogP contribution in [0.25, 0.3) is 6.08 Å². The van der Waals surface area contributed by atoms with E-state index in [2.05, 4.69) is 29.7 Å². The molecule has 1 saturated heterocycles. The third kappa shape index (κ3) is 6.32. The maximum Gasteiger partial charge on any atom is 0.344 e. The molecule has 9 heteroatoms. The number of esters is 1. The number of ether oxygens (including phenoxy) is 2. The number of carbonyl (C=O) groups is 2. The maximum absolute atomic E-state index is 12.4. The molecular weight excluding hydrogens is 459 g/mol. The van der Waals surface area contributed by atoms with Crippen LogP contribution in [0.4, 0.5) is 5.69 Å². The average Bonchev–Trinajstić information content (AvgIpc) is 3.06. The van der Waals surface area contributed by atoms with Gasteiger partial charge < -0.3 is 20.1 Å². The number of benzene rings is 2. The second-order valence-electron chi connectivity index (χ2n) is 6.58. The zero-order valence-corrected chi connectivity index (χ0v) is 19.4. The molecule has 0 bridgehead atoms. The highest BCUT2D eigenvalue weighted by Crippen LogP contribution is 2.36. The molecule has 0 unspecified atom stereocenters. The van der Waals surface area contributed by atoms with Crippen molar-refractivity contribution in [3.63, 3.8) is 0 Å². The van der Waals surface area contributed by atoms with Gasteiger partial charge in [-0.05, 0) is 54.8 Å². The number of amides is 1. The summed E-state index contributed by atoms with van der Waals surface area (Å²) in [7, 11) is 0. The summed E-state index contributed by atoms with van der Waals surface area (Å²) in [5, 5.41) is 6.64. The molecule has 1 atom stereocenters. The second kappa shape index (κ2) is 10.8. The quantitative estimate of drug-likeness (QED) is 0.404. The first kappa shape index (κ1) is 23.3. The van der Waals surface area contributed by atoms with Gasteiger partial charge in [-0.25, -0.2) is 4.79 Å². The van der Waals surface area contributed by atoms with Crippen LogP contribution >= 0.6 is 35.0 Å². The largest absolute Gasteiger partial charge is 0.479 e. The molecular formula is C22H22Cl2N2O4S. The van der Waals surface area contributed by atoms with Gasteiger partial charge in [0.2, 0.25) is 0 Å². The monoisotopic (exact) mass is 480 g/mol. The van der Waals surface area contributed by atoms with Crippen molar-refractivity contribution >= 4 is 58.6 Å². The minimum Gasteiger partial charge on any atom is -0.479 e. The Morgan fingerprint density at radius 1 is 1.19 bits per heavy atom. The Morgan fingerprint density at radius 3 is 2.48 bits per heavy atom. The fraction of sp³-hybridized carbons (Fsp3) is 0.273. The molecule has 2 aromatic carbocycles. The van der Waals surface area contributed by atoms with Crippen molar-refractivity contribution in [2.75, 3.05) is 18.5 Å². The van der Waals surface area contributed by atoms with E-state index in [-0.39, 0.29) is 40.4 Å². The van der Waals surface area contributed by atoms with E-state index >= 15 is 0 Å². The molecule has 31 heavy (non-hydrogen) atoms. The van der Waals surface area contributed by atoms with Crippen LogP contribution in [0.5, 0.6) is 5.75 Å². The van der Waals surface area contributed by atoms with Gasteiger partial charge in [0.05, 0.1) is 21.6 Å². The van der Waals surface area contributed by atoms with Crippen LogP contribution in [0.3, 0.4) is 0 Å². The number of halogens is 2. The Kier molecular flexibility index (Phi) is 8.12. The summed E-state index contributed by atoms with van der Waals surface area (Å²) in [5.41, 5.74) is 2.52. The van der Waals surface area contributed by atoms with E-state index < -0.39 is 5.97 Å². The summed E-state index contributed by atoms with van der Waals surface area (Å²) in [6.07, 6.45) is 2.68. The number of thioether (sulfide) groups is 1. The Morgan fingerprint density at radius 2 is 1.87 bits per heavy atom. The maximum atomic E-state index is 12.4. The third-order valence-electron chi connectivity index (χ3n) is 4.35. The summed E-state index contributed by atoms with van der Waals surface area (Å²) in [6, 6.07) is 11.3. The van der Waals surface area contributed by atoms with Crippen LogP contribution in [0.15, 0.2) is 41.3 Å². The molecule has 6 nitrogen and oxygen atoms in total. The van der Waals surface area contributed by atoms with Crippen LogP contribution < -0.4 is 15.4 Å². The van der Waals surface area contributed by atoms with Gasteiger partial charge in [-0.15, -0.1) is 0 Å². The molecule has 1 heterocycles. The minimum atomic E-state index is -0.511. The summed E-state index contributed by atoms with van der Waals surface area (Å²) in [4.78, 5) is 24.4. The number of carbonyl (C=O) groups excluding carboxylic acids is 2. The molecule has 1 aliphatic heterocycles. The Labute approximate surface area is 195 Å². The molecule has 0 saturated carbocycles. The molecule has 2 aromatic rings. The topological polar surface area (TPSA) is 76.7 Å². The average molecular weight is 481 g/mol. The number of rotatable bonds is 8. The molecule has 1 fully saturated rings. The number of hydrogen-bond donors (Lipinski definition) is 2. The van der Waals surface area contributed by atoms with Gasteiger partial charge in [0.15, 0.2) is 17.9 Å². The first-order valence-electron chi connectivity index (χ1n) is 9.71. The van der Waals surface area contributed by atoms with Crippen LogP contribution in [-0.2, 0) is 20.7 Å². The van der Waals surface area contributed by atoms with E-state index in [9.17, 15) is 9.59 Å². The van der Waals surface area contributed by atoms with Crippen molar-refractivity contribution in [3.05, 3.63) is 62.5 Å². The first-order chi connectivity index (χ1) is 14.9. The molecule has 1 amide bonds. The number of anilines is 1. The fourth-order valence-electron chi connectivity index (χ4n) is 2.84. The standard InChI is InChI=1S/C22H22Cl2N2O4S/c1-3-13-5-7-15(8-6-13)25-22-26-21(28)18(31-22)11-14-9-16(23)20(17(24)10-14)30-12-19(27)29-4-2/h5-11,22,25H,3-4,12H2,1-2H3,(H,26,28)/b18-11-/t22-/m0/s1. The van der Waals surface area contributed by atoms with E-state index in [4.69, 9.17) is 32.7 Å². The van der Waals surface area contributed by atoms with E-state index in [0.29, 0.717) is 10.5 Å². The van der Waals surface area contributed by atoms with Gasteiger partial charge >= 0.3 is 5.97 Å². The van der Waals surface area contributed by atoms with Crippen molar-refractivity contribution < 1.29 is 19.1 Å². The van der Waals surface area contributed by atoms with Crippen LogP contribution in [0, 0.1) is 0 Å². The zero-order chi connectivity index (χ0) is 22.4. The lowest BCUT2D eigenvalue weighted by Crippen LogP contribution is -2.30. The van der Waals surface area contributed by atoms with Crippen molar-refractivity contribution in [1.29, 1.82) is 0 Å². The molecule has 0 spiro atoms. The van der Waals surface area contributed by atoms with Gasteiger partial charge in [-0.2, -0.15) is 0 Å². The molecule has 3 rings (SSSR count). The van der Waals surface area contributed by atoms with Crippen LogP contribution in [0.2, 0.25) is 10.0 Å².